The van der Waals surface area contributed by atoms with E-state index in [0.717, 1.165) is 0 Å². The van der Waals surface area contributed by atoms with Crippen molar-refractivity contribution in [3.63, 3.8) is 0 Å². The van der Waals surface area contributed by atoms with Gasteiger partial charge in [-0.15, -0.1) is 0 Å². The van der Waals surface area contributed by atoms with E-state index in [9.17, 15) is 0 Å². The smallest absolute Gasteiger partial charge is 0.0424 e. The molecule has 1 atom stereocenters. The lowest BCUT2D eigenvalue weighted by Crippen LogP contribution is -2.00. The van der Waals surface area contributed by atoms with Gasteiger partial charge in [-0.3, -0.25) is 0 Å². The molecule has 1 aliphatic carbocycles. The van der Waals surface area contributed by atoms with Gasteiger partial charge in [-0.2, -0.15) is 0 Å². The highest BCUT2D eigenvalue weighted by molar-refractivity contribution is 9.09. The Labute approximate surface area is 111 Å². The predicted octanol–water partition coefficient (Wildman–Crippen LogP) is 5.03. The molecular weight excluding hydrogens is 272 g/mol. The molecule has 88 valence electrons. The summed E-state index contributed by atoms with van der Waals surface area (Å²) in [5, 5.41) is 2.98. The number of halogens is 1. The predicted molar refractivity (Wildman–Crippen MR) is 77.9 cm³/mol. The molecule has 0 radical (unpaired) electrons. The van der Waals surface area contributed by atoms with Crippen LogP contribution in [0, 0.1) is 5.92 Å². The highest BCUT2D eigenvalue weighted by atomic mass is 79.9. The number of aryl methyl sites for hydroxylation is 2. The number of hydrogen-bond acceptors (Lipinski definition) is 0. The van der Waals surface area contributed by atoms with E-state index in [0.29, 0.717) is 10.7 Å². The zero-order valence-corrected chi connectivity index (χ0v) is 11.9. The second-order valence-corrected chi connectivity index (χ2v) is 6.29. The molecule has 2 aromatic rings. The van der Waals surface area contributed by atoms with Crippen molar-refractivity contribution in [1.82, 2.24) is 0 Å². The summed E-state index contributed by atoms with van der Waals surface area (Å²) in [5.74, 6) is 0.619. The van der Waals surface area contributed by atoms with Crippen LogP contribution in [0.1, 0.15) is 35.4 Å². The van der Waals surface area contributed by atoms with Crippen LogP contribution >= 0.6 is 15.9 Å². The largest absolute Gasteiger partial charge is 0.0836 e. The van der Waals surface area contributed by atoms with Crippen LogP contribution in [0.3, 0.4) is 0 Å². The van der Waals surface area contributed by atoms with E-state index in [1.807, 2.05) is 0 Å². The lowest BCUT2D eigenvalue weighted by Gasteiger charge is -2.17. The van der Waals surface area contributed by atoms with Crippen LogP contribution in [0.5, 0.6) is 0 Å². The summed E-state index contributed by atoms with van der Waals surface area (Å²) in [6.45, 7) is 4.53. The van der Waals surface area contributed by atoms with E-state index in [1.54, 1.807) is 0 Å². The van der Waals surface area contributed by atoms with Gasteiger partial charge >= 0.3 is 0 Å². The van der Waals surface area contributed by atoms with Gasteiger partial charge in [-0.05, 0) is 46.2 Å². The van der Waals surface area contributed by atoms with E-state index in [1.165, 1.54) is 40.3 Å². The number of alkyl halides is 1. The van der Waals surface area contributed by atoms with Gasteiger partial charge in [-0.25, -0.2) is 0 Å². The molecule has 0 amide bonds. The van der Waals surface area contributed by atoms with Gasteiger partial charge < -0.3 is 0 Å². The fourth-order valence-electron chi connectivity index (χ4n) is 2.87. The van der Waals surface area contributed by atoms with Crippen LogP contribution < -0.4 is 0 Å². The summed E-state index contributed by atoms with van der Waals surface area (Å²) in [7, 11) is 0. The van der Waals surface area contributed by atoms with Crippen molar-refractivity contribution in [2.24, 2.45) is 5.92 Å². The van der Waals surface area contributed by atoms with Crippen molar-refractivity contribution in [3.05, 3.63) is 47.0 Å². The summed E-state index contributed by atoms with van der Waals surface area (Å²) in [6.07, 6.45) is 2.43. The average molecular weight is 289 g/mol. The highest BCUT2D eigenvalue weighted by Crippen LogP contribution is 2.39. The van der Waals surface area contributed by atoms with Crippen molar-refractivity contribution >= 4 is 26.7 Å². The molecule has 1 aliphatic rings. The molecule has 0 bridgehead atoms. The first-order valence-electron chi connectivity index (χ1n) is 6.36. The Balaban J connectivity index is 2.29. The van der Waals surface area contributed by atoms with E-state index in [2.05, 4.69) is 60.1 Å². The van der Waals surface area contributed by atoms with Crippen LogP contribution in [0.15, 0.2) is 30.3 Å². The maximum absolute atomic E-state index is 3.84. The quantitative estimate of drug-likeness (QED) is 0.680. The van der Waals surface area contributed by atoms with E-state index < -0.39 is 0 Å². The maximum Gasteiger partial charge on any atom is 0.0424 e. The first kappa shape index (κ1) is 11.3. The zero-order chi connectivity index (χ0) is 12.0. The van der Waals surface area contributed by atoms with Crippen molar-refractivity contribution in [2.45, 2.75) is 31.5 Å². The molecule has 3 rings (SSSR count). The van der Waals surface area contributed by atoms with Crippen LogP contribution in [-0.4, -0.2) is 0 Å². The maximum atomic E-state index is 3.84. The van der Waals surface area contributed by atoms with Gasteiger partial charge in [-0.1, -0.05) is 60.1 Å². The topological polar surface area (TPSA) is 0 Å². The van der Waals surface area contributed by atoms with E-state index in [4.69, 9.17) is 0 Å². The first-order valence-corrected chi connectivity index (χ1v) is 7.27. The van der Waals surface area contributed by atoms with Crippen molar-refractivity contribution in [3.8, 4) is 0 Å². The first-order chi connectivity index (χ1) is 8.18. The Morgan fingerprint density at radius 3 is 2.41 bits per heavy atom. The fourth-order valence-corrected chi connectivity index (χ4v) is 3.27. The van der Waals surface area contributed by atoms with Crippen LogP contribution in [0.2, 0.25) is 0 Å². The highest BCUT2D eigenvalue weighted by Gasteiger charge is 2.20. The van der Waals surface area contributed by atoms with E-state index >= 15 is 0 Å². The van der Waals surface area contributed by atoms with Crippen LogP contribution in [0.4, 0.5) is 0 Å². The Morgan fingerprint density at radius 2 is 1.71 bits per heavy atom. The van der Waals surface area contributed by atoms with Crippen molar-refractivity contribution in [1.29, 1.82) is 0 Å². The molecule has 2 aromatic carbocycles. The lowest BCUT2D eigenvalue weighted by molar-refractivity contribution is 0.644. The normalized spacial score (nSPS) is 15.8. The lowest BCUT2D eigenvalue weighted by atomic mass is 9.94. The monoisotopic (exact) mass is 288 g/mol. The van der Waals surface area contributed by atoms with Crippen LogP contribution in [-0.2, 0) is 12.8 Å². The average Bonchev–Trinajstić information content (AvgIpc) is 2.74. The zero-order valence-electron chi connectivity index (χ0n) is 10.3. The van der Waals surface area contributed by atoms with Gasteiger partial charge in [0.1, 0.15) is 0 Å². The fraction of sp³-hybridized carbons (Fsp3) is 0.375. The van der Waals surface area contributed by atoms with Gasteiger partial charge in [0.05, 0.1) is 0 Å². The number of hydrogen-bond donors (Lipinski definition) is 0. The molecule has 0 saturated heterocycles. The minimum Gasteiger partial charge on any atom is -0.0836 e. The Bertz CT molecular complexity index is 559. The molecule has 0 nitrogen and oxygen atoms in total. The summed E-state index contributed by atoms with van der Waals surface area (Å²) < 4.78 is 0. The molecule has 1 heteroatoms. The third-order valence-electron chi connectivity index (χ3n) is 3.79. The third-order valence-corrected chi connectivity index (χ3v) is 5.34. The van der Waals surface area contributed by atoms with Crippen molar-refractivity contribution in [2.75, 3.05) is 0 Å². The molecule has 0 heterocycles. The standard InChI is InChI=1S/C16H17Br/c1-10(2)16(17)14-9-8-12-7-6-11-4-3-5-13(14)15(11)12/h3-5,8-10,16H,6-7H2,1-2H3. The molecule has 0 N–H and O–H groups in total. The van der Waals surface area contributed by atoms with Gasteiger partial charge in [0.15, 0.2) is 0 Å². The molecule has 0 saturated carbocycles. The summed E-state index contributed by atoms with van der Waals surface area (Å²) >= 11 is 3.84. The minimum atomic E-state index is 0.451. The second-order valence-electron chi connectivity index (χ2n) is 5.30. The van der Waals surface area contributed by atoms with Gasteiger partial charge in [0.25, 0.3) is 0 Å². The minimum absolute atomic E-state index is 0.451. The molecule has 0 spiro atoms. The Hall–Kier alpha value is -0.820. The molecule has 0 fully saturated rings. The Morgan fingerprint density at radius 1 is 1.00 bits per heavy atom. The number of benzene rings is 2. The molecule has 1 unspecified atom stereocenters. The van der Waals surface area contributed by atoms with Crippen LogP contribution in [0.25, 0.3) is 10.8 Å². The molecule has 0 aromatic heterocycles. The molecule has 0 aliphatic heterocycles. The molecule has 17 heavy (non-hydrogen) atoms. The summed E-state index contributed by atoms with van der Waals surface area (Å²) in [6, 6.07) is 11.4. The van der Waals surface area contributed by atoms with E-state index in [-0.39, 0.29) is 0 Å². The summed E-state index contributed by atoms with van der Waals surface area (Å²) in [5.41, 5.74) is 4.51. The second kappa shape index (κ2) is 4.13. The Kier molecular flexibility index (Phi) is 2.74. The van der Waals surface area contributed by atoms with Crippen molar-refractivity contribution < 1.29 is 0 Å². The number of rotatable bonds is 2. The molecular formula is C16H17Br. The third kappa shape index (κ3) is 1.72. The van der Waals surface area contributed by atoms with Gasteiger partial charge in [0.2, 0.25) is 0 Å². The summed E-state index contributed by atoms with van der Waals surface area (Å²) in [4.78, 5) is 0.451. The van der Waals surface area contributed by atoms with Gasteiger partial charge in [0, 0.05) is 4.83 Å². The SMILES string of the molecule is CC(C)C(Br)c1ccc2c3c(cccc13)CC2.